The number of rotatable bonds is 7. The summed E-state index contributed by atoms with van der Waals surface area (Å²) < 4.78 is 10.9. The summed E-state index contributed by atoms with van der Waals surface area (Å²) in [6.45, 7) is 9.71. The number of aryl methyl sites for hydroxylation is 1. The number of benzene rings is 2. The van der Waals surface area contributed by atoms with Crippen molar-refractivity contribution in [1.29, 1.82) is 0 Å². The van der Waals surface area contributed by atoms with Crippen molar-refractivity contribution < 1.29 is 9.47 Å². The molecule has 3 rings (SSSR count). The van der Waals surface area contributed by atoms with Gasteiger partial charge in [0.2, 0.25) is 0 Å². The van der Waals surface area contributed by atoms with E-state index in [1.807, 2.05) is 0 Å². The predicted molar refractivity (Wildman–Crippen MR) is 103 cm³/mol. The number of epoxide rings is 1. The lowest BCUT2D eigenvalue weighted by Gasteiger charge is -2.28. The van der Waals surface area contributed by atoms with Gasteiger partial charge in [-0.05, 0) is 48.9 Å². The molecule has 0 radical (unpaired) electrons. The third-order valence-electron chi connectivity index (χ3n) is 5.65. The van der Waals surface area contributed by atoms with Crippen molar-refractivity contribution >= 4 is 0 Å². The van der Waals surface area contributed by atoms with Crippen LogP contribution in [0.15, 0.2) is 48.5 Å². The van der Waals surface area contributed by atoms with Crippen molar-refractivity contribution in [3.05, 3.63) is 70.8 Å². The van der Waals surface area contributed by atoms with E-state index >= 15 is 0 Å². The van der Waals surface area contributed by atoms with E-state index < -0.39 is 0 Å². The largest absolute Gasteiger partial charge is 0.374 e. The normalized spacial score (nSPS) is 17.6. The first kappa shape index (κ1) is 18.2. The highest BCUT2D eigenvalue weighted by Crippen LogP contribution is 2.33. The van der Waals surface area contributed by atoms with Gasteiger partial charge in [0.05, 0.1) is 18.3 Å². The van der Waals surface area contributed by atoms with Crippen LogP contribution in [0.1, 0.15) is 56.4 Å². The summed E-state index contributed by atoms with van der Waals surface area (Å²) in [6, 6.07) is 17.9. The van der Waals surface area contributed by atoms with Crippen LogP contribution in [-0.4, -0.2) is 19.8 Å². The lowest BCUT2D eigenvalue weighted by Crippen LogP contribution is -2.21. The van der Waals surface area contributed by atoms with Gasteiger partial charge in [0.15, 0.2) is 0 Å². The quantitative estimate of drug-likeness (QED) is 0.645. The summed E-state index contributed by atoms with van der Waals surface area (Å²) in [5.41, 5.74) is 4.99. The van der Waals surface area contributed by atoms with E-state index in [2.05, 4.69) is 76.2 Å². The monoisotopic (exact) mass is 338 g/mol. The van der Waals surface area contributed by atoms with Gasteiger partial charge in [-0.25, -0.2) is 0 Å². The maximum atomic E-state index is 5.58. The Morgan fingerprint density at radius 1 is 0.880 bits per heavy atom. The lowest BCUT2D eigenvalue weighted by molar-refractivity contribution is 0.0192. The first-order chi connectivity index (χ1) is 11.8. The Morgan fingerprint density at radius 3 is 1.84 bits per heavy atom. The molecule has 1 atom stereocenters. The molecule has 2 nitrogen and oxygen atoms in total. The van der Waals surface area contributed by atoms with Gasteiger partial charge in [0.1, 0.15) is 0 Å². The molecule has 2 heteroatoms. The minimum atomic E-state index is -0.254. The molecule has 0 aliphatic carbocycles. The molecule has 1 heterocycles. The van der Waals surface area contributed by atoms with Crippen molar-refractivity contribution in [2.75, 3.05) is 13.7 Å². The molecule has 2 aromatic carbocycles. The smallest absolute Gasteiger partial charge is 0.0871 e. The van der Waals surface area contributed by atoms with E-state index in [9.17, 15) is 0 Å². The predicted octanol–water partition coefficient (Wildman–Crippen LogP) is 5.23. The lowest BCUT2D eigenvalue weighted by atomic mass is 9.77. The van der Waals surface area contributed by atoms with Gasteiger partial charge in [0, 0.05) is 12.5 Å². The molecule has 0 aromatic heterocycles. The Labute approximate surface area is 152 Å². The van der Waals surface area contributed by atoms with Gasteiger partial charge in [-0.3, -0.25) is 0 Å². The van der Waals surface area contributed by atoms with Crippen molar-refractivity contribution in [2.45, 2.75) is 57.7 Å². The van der Waals surface area contributed by atoms with Crippen LogP contribution in [0.2, 0.25) is 0 Å². The molecule has 0 spiro atoms. The van der Waals surface area contributed by atoms with Crippen LogP contribution in [0.3, 0.4) is 0 Å². The standard InChI is InChI=1S/C23H30O2/c1-22(2,19-11-13-20(14-12-19)23(3,4)24-5)18-9-6-17(7-10-18)8-15-21-16-25-21/h6-7,9-14,21H,8,15-16H2,1-5H3. The Bertz CT molecular complexity index is 692. The zero-order valence-corrected chi connectivity index (χ0v) is 16.1. The average Bonchev–Trinajstić information content (AvgIpc) is 3.45. The second-order valence-corrected chi connectivity index (χ2v) is 8.11. The third kappa shape index (κ3) is 4.13. The fraction of sp³-hybridized carbons (Fsp3) is 0.478. The SMILES string of the molecule is COC(C)(C)c1ccc(C(C)(C)c2ccc(CCC3CO3)cc2)cc1. The summed E-state index contributed by atoms with van der Waals surface area (Å²) in [6.07, 6.45) is 2.75. The molecule has 2 aromatic rings. The van der Waals surface area contributed by atoms with Crippen LogP contribution in [0.25, 0.3) is 0 Å². The van der Waals surface area contributed by atoms with Crippen molar-refractivity contribution in [3.8, 4) is 0 Å². The Hall–Kier alpha value is -1.64. The van der Waals surface area contributed by atoms with Gasteiger partial charge < -0.3 is 9.47 Å². The van der Waals surface area contributed by atoms with E-state index in [1.54, 1.807) is 7.11 Å². The first-order valence-corrected chi connectivity index (χ1v) is 9.20. The highest BCUT2D eigenvalue weighted by Gasteiger charge is 2.25. The molecule has 0 N–H and O–H groups in total. The van der Waals surface area contributed by atoms with Gasteiger partial charge in [0.25, 0.3) is 0 Å². The van der Waals surface area contributed by atoms with Crippen molar-refractivity contribution in [1.82, 2.24) is 0 Å². The zero-order valence-electron chi connectivity index (χ0n) is 16.1. The summed E-state index contributed by atoms with van der Waals surface area (Å²) in [7, 11) is 1.76. The summed E-state index contributed by atoms with van der Waals surface area (Å²) >= 11 is 0. The minimum Gasteiger partial charge on any atom is -0.374 e. The Balaban J connectivity index is 1.75. The second-order valence-electron chi connectivity index (χ2n) is 8.11. The third-order valence-corrected chi connectivity index (χ3v) is 5.65. The molecule has 1 fully saturated rings. The molecular weight excluding hydrogens is 308 g/mol. The Kier molecular flexibility index (Phi) is 5.04. The summed E-state index contributed by atoms with van der Waals surface area (Å²) in [4.78, 5) is 0. The number of hydrogen-bond acceptors (Lipinski definition) is 2. The van der Waals surface area contributed by atoms with E-state index in [0.29, 0.717) is 6.10 Å². The molecule has 1 unspecified atom stereocenters. The van der Waals surface area contributed by atoms with E-state index in [4.69, 9.17) is 9.47 Å². The van der Waals surface area contributed by atoms with Crippen molar-refractivity contribution in [3.63, 3.8) is 0 Å². The first-order valence-electron chi connectivity index (χ1n) is 9.20. The fourth-order valence-electron chi connectivity index (χ4n) is 3.22. The van der Waals surface area contributed by atoms with Crippen molar-refractivity contribution in [2.24, 2.45) is 0 Å². The molecule has 0 saturated carbocycles. The Morgan fingerprint density at radius 2 is 1.36 bits per heavy atom. The summed E-state index contributed by atoms with van der Waals surface area (Å²) in [5, 5.41) is 0. The highest BCUT2D eigenvalue weighted by atomic mass is 16.6. The molecule has 1 aliphatic heterocycles. The number of methoxy groups -OCH3 is 1. The highest BCUT2D eigenvalue weighted by molar-refractivity contribution is 5.40. The molecule has 1 saturated heterocycles. The van der Waals surface area contributed by atoms with Gasteiger partial charge in [-0.1, -0.05) is 62.4 Å². The number of hydrogen-bond donors (Lipinski definition) is 0. The molecule has 0 amide bonds. The van der Waals surface area contributed by atoms with Gasteiger partial charge >= 0.3 is 0 Å². The topological polar surface area (TPSA) is 21.8 Å². The maximum Gasteiger partial charge on any atom is 0.0871 e. The zero-order chi connectivity index (χ0) is 18.1. The molecule has 134 valence electrons. The minimum absolute atomic E-state index is 0.0200. The molecule has 25 heavy (non-hydrogen) atoms. The van der Waals surface area contributed by atoms with Gasteiger partial charge in [-0.15, -0.1) is 0 Å². The van der Waals surface area contributed by atoms with E-state index in [-0.39, 0.29) is 11.0 Å². The van der Waals surface area contributed by atoms with Crippen LogP contribution in [0.5, 0.6) is 0 Å². The average molecular weight is 338 g/mol. The van der Waals surface area contributed by atoms with E-state index in [1.165, 1.54) is 22.3 Å². The van der Waals surface area contributed by atoms with Crippen LogP contribution in [-0.2, 0) is 26.9 Å². The van der Waals surface area contributed by atoms with Crippen LogP contribution in [0.4, 0.5) is 0 Å². The number of ether oxygens (including phenoxy) is 2. The van der Waals surface area contributed by atoms with Crippen LogP contribution >= 0.6 is 0 Å². The fourth-order valence-corrected chi connectivity index (χ4v) is 3.22. The van der Waals surface area contributed by atoms with Crippen LogP contribution < -0.4 is 0 Å². The van der Waals surface area contributed by atoms with Crippen LogP contribution in [0, 0.1) is 0 Å². The summed E-state index contributed by atoms with van der Waals surface area (Å²) in [5.74, 6) is 0. The molecule has 0 bridgehead atoms. The van der Waals surface area contributed by atoms with Gasteiger partial charge in [-0.2, -0.15) is 0 Å². The maximum absolute atomic E-state index is 5.58. The van der Waals surface area contributed by atoms with E-state index in [0.717, 1.165) is 19.4 Å². The second kappa shape index (κ2) is 6.93. The molecular formula is C23H30O2. The molecule has 1 aliphatic rings.